The molecule has 0 aliphatic carbocycles. The molecular weight excluding hydrogens is 238 g/mol. The second-order valence-corrected chi connectivity index (χ2v) is 4.56. The lowest BCUT2D eigenvalue weighted by atomic mass is 10.2. The minimum absolute atomic E-state index is 0.159. The van der Waals surface area contributed by atoms with Crippen LogP contribution in [-0.4, -0.2) is 36.5 Å². The Labute approximate surface area is 116 Å². The van der Waals surface area contributed by atoms with Crippen molar-refractivity contribution < 1.29 is 4.79 Å². The summed E-state index contributed by atoms with van der Waals surface area (Å²) in [6, 6.07) is 7.50. The van der Waals surface area contributed by atoms with Crippen molar-refractivity contribution in [2.24, 2.45) is 0 Å². The molecule has 0 heterocycles. The maximum absolute atomic E-state index is 12.4. The van der Waals surface area contributed by atoms with Gasteiger partial charge in [0.2, 0.25) is 5.91 Å². The zero-order chi connectivity index (χ0) is 14.4. The van der Waals surface area contributed by atoms with E-state index >= 15 is 0 Å². The Morgan fingerprint density at radius 1 is 1.11 bits per heavy atom. The maximum atomic E-state index is 12.4. The standard InChI is InChI=1S/C15H25N3O/c1-5-17(6-2)15(19)12(4)18(7-3)14-10-8-13(16)9-11-14/h8-12H,5-7,16H2,1-4H3. The first-order chi connectivity index (χ1) is 9.04. The fourth-order valence-corrected chi connectivity index (χ4v) is 2.28. The summed E-state index contributed by atoms with van der Waals surface area (Å²) in [4.78, 5) is 16.4. The third-order valence-electron chi connectivity index (χ3n) is 3.47. The van der Waals surface area contributed by atoms with Gasteiger partial charge in [-0.1, -0.05) is 0 Å². The van der Waals surface area contributed by atoms with Crippen LogP contribution in [0, 0.1) is 0 Å². The molecule has 0 aliphatic rings. The molecule has 1 aromatic carbocycles. The van der Waals surface area contributed by atoms with Gasteiger partial charge in [-0.05, 0) is 52.0 Å². The van der Waals surface area contributed by atoms with Crippen molar-refractivity contribution >= 4 is 17.3 Å². The lowest BCUT2D eigenvalue weighted by molar-refractivity contribution is -0.131. The number of nitrogens with two attached hydrogens (primary N) is 1. The molecule has 19 heavy (non-hydrogen) atoms. The molecule has 0 bridgehead atoms. The van der Waals surface area contributed by atoms with Crippen LogP contribution in [0.4, 0.5) is 11.4 Å². The number of nitrogen functional groups attached to an aromatic ring is 1. The summed E-state index contributed by atoms with van der Waals surface area (Å²) in [5.41, 5.74) is 7.47. The van der Waals surface area contributed by atoms with Crippen molar-refractivity contribution in [1.82, 2.24) is 4.90 Å². The number of carbonyl (C=O) groups is 1. The molecule has 4 nitrogen and oxygen atoms in total. The molecule has 1 aromatic rings. The van der Waals surface area contributed by atoms with Gasteiger partial charge < -0.3 is 15.5 Å². The molecule has 1 unspecified atom stereocenters. The van der Waals surface area contributed by atoms with Gasteiger partial charge in [-0.2, -0.15) is 0 Å². The van der Waals surface area contributed by atoms with Gasteiger partial charge in [-0.3, -0.25) is 4.79 Å². The number of carbonyl (C=O) groups excluding carboxylic acids is 1. The van der Waals surface area contributed by atoms with E-state index in [0.717, 1.165) is 31.0 Å². The van der Waals surface area contributed by atoms with E-state index < -0.39 is 0 Å². The second kappa shape index (κ2) is 7.02. The fraction of sp³-hybridized carbons (Fsp3) is 0.533. The van der Waals surface area contributed by atoms with E-state index in [1.54, 1.807) is 0 Å². The Hall–Kier alpha value is -1.71. The number of hydrogen-bond acceptors (Lipinski definition) is 3. The number of benzene rings is 1. The molecule has 1 rings (SSSR count). The van der Waals surface area contributed by atoms with Gasteiger partial charge in [0.05, 0.1) is 0 Å². The molecule has 4 heteroatoms. The van der Waals surface area contributed by atoms with E-state index in [2.05, 4.69) is 11.8 Å². The lowest BCUT2D eigenvalue weighted by Gasteiger charge is -2.32. The smallest absolute Gasteiger partial charge is 0.244 e. The molecule has 2 N–H and O–H groups in total. The average Bonchev–Trinajstić information content (AvgIpc) is 2.42. The van der Waals surface area contributed by atoms with Crippen LogP contribution < -0.4 is 10.6 Å². The largest absolute Gasteiger partial charge is 0.399 e. The van der Waals surface area contributed by atoms with Crippen molar-refractivity contribution in [3.8, 4) is 0 Å². The molecule has 106 valence electrons. The first-order valence-electron chi connectivity index (χ1n) is 6.96. The van der Waals surface area contributed by atoms with Crippen LogP contribution in [0.2, 0.25) is 0 Å². The predicted molar refractivity (Wildman–Crippen MR) is 81.3 cm³/mol. The number of anilines is 2. The number of rotatable bonds is 6. The van der Waals surface area contributed by atoms with Crippen LogP contribution in [-0.2, 0) is 4.79 Å². The summed E-state index contributed by atoms with van der Waals surface area (Å²) in [6.45, 7) is 10.3. The molecule has 0 fully saturated rings. The minimum atomic E-state index is -0.159. The summed E-state index contributed by atoms with van der Waals surface area (Å²) in [5, 5.41) is 0. The highest BCUT2D eigenvalue weighted by Gasteiger charge is 2.23. The molecule has 0 spiro atoms. The van der Waals surface area contributed by atoms with E-state index in [0.29, 0.717) is 0 Å². The number of hydrogen-bond donors (Lipinski definition) is 1. The highest BCUT2D eigenvalue weighted by Crippen LogP contribution is 2.19. The zero-order valence-corrected chi connectivity index (χ0v) is 12.4. The number of amides is 1. The van der Waals surface area contributed by atoms with E-state index in [1.807, 2.05) is 49.9 Å². The van der Waals surface area contributed by atoms with Crippen molar-refractivity contribution in [2.75, 3.05) is 30.3 Å². The van der Waals surface area contributed by atoms with E-state index in [9.17, 15) is 4.79 Å². The molecule has 0 saturated heterocycles. The van der Waals surface area contributed by atoms with Gasteiger partial charge in [-0.15, -0.1) is 0 Å². The Kier molecular flexibility index (Phi) is 5.67. The highest BCUT2D eigenvalue weighted by molar-refractivity contribution is 5.85. The highest BCUT2D eigenvalue weighted by atomic mass is 16.2. The van der Waals surface area contributed by atoms with Crippen molar-refractivity contribution in [2.45, 2.75) is 33.7 Å². The van der Waals surface area contributed by atoms with Crippen LogP contribution in [0.25, 0.3) is 0 Å². The molecule has 0 aliphatic heterocycles. The van der Waals surface area contributed by atoms with Crippen molar-refractivity contribution in [3.05, 3.63) is 24.3 Å². The topological polar surface area (TPSA) is 49.6 Å². The van der Waals surface area contributed by atoms with Crippen LogP contribution >= 0.6 is 0 Å². The zero-order valence-electron chi connectivity index (χ0n) is 12.4. The van der Waals surface area contributed by atoms with Gasteiger partial charge in [0.15, 0.2) is 0 Å². The van der Waals surface area contributed by atoms with Gasteiger partial charge >= 0.3 is 0 Å². The second-order valence-electron chi connectivity index (χ2n) is 4.56. The minimum Gasteiger partial charge on any atom is -0.399 e. The third-order valence-corrected chi connectivity index (χ3v) is 3.47. The van der Waals surface area contributed by atoms with Crippen LogP contribution in [0.3, 0.4) is 0 Å². The summed E-state index contributed by atoms with van der Waals surface area (Å²) >= 11 is 0. The molecule has 1 atom stereocenters. The number of nitrogens with zero attached hydrogens (tertiary/aromatic N) is 2. The summed E-state index contributed by atoms with van der Waals surface area (Å²) < 4.78 is 0. The molecular formula is C15H25N3O. The van der Waals surface area contributed by atoms with Crippen molar-refractivity contribution in [1.29, 1.82) is 0 Å². The van der Waals surface area contributed by atoms with E-state index in [-0.39, 0.29) is 11.9 Å². The van der Waals surface area contributed by atoms with E-state index in [1.165, 1.54) is 0 Å². The number of likely N-dealkylation sites (N-methyl/N-ethyl adjacent to an activating group) is 2. The quantitative estimate of drug-likeness (QED) is 0.802. The molecule has 0 saturated carbocycles. The van der Waals surface area contributed by atoms with Gasteiger partial charge in [0, 0.05) is 31.0 Å². The van der Waals surface area contributed by atoms with Crippen LogP contribution in [0.5, 0.6) is 0 Å². The summed E-state index contributed by atoms with van der Waals surface area (Å²) in [5.74, 6) is 0.170. The fourth-order valence-electron chi connectivity index (χ4n) is 2.28. The van der Waals surface area contributed by atoms with Gasteiger partial charge in [0.25, 0.3) is 0 Å². The first-order valence-corrected chi connectivity index (χ1v) is 6.96. The lowest BCUT2D eigenvalue weighted by Crippen LogP contribution is -2.47. The van der Waals surface area contributed by atoms with E-state index in [4.69, 9.17) is 5.73 Å². The molecule has 0 radical (unpaired) electrons. The SMILES string of the molecule is CCN(CC)C(=O)C(C)N(CC)c1ccc(N)cc1. The third kappa shape index (κ3) is 3.63. The van der Waals surface area contributed by atoms with Crippen LogP contribution in [0.15, 0.2) is 24.3 Å². The average molecular weight is 263 g/mol. The van der Waals surface area contributed by atoms with Gasteiger partial charge in [0.1, 0.15) is 6.04 Å². The normalized spacial score (nSPS) is 12.0. The maximum Gasteiger partial charge on any atom is 0.244 e. The Morgan fingerprint density at radius 3 is 2.05 bits per heavy atom. The van der Waals surface area contributed by atoms with Crippen LogP contribution in [0.1, 0.15) is 27.7 Å². The monoisotopic (exact) mass is 263 g/mol. The molecule has 0 aromatic heterocycles. The summed E-state index contributed by atoms with van der Waals surface area (Å²) in [7, 11) is 0. The van der Waals surface area contributed by atoms with Crippen molar-refractivity contribution in [3.63, 3.8) is 0 Å². The Bertz CT molecular complexity index is 398. The predicted octanol–water partition coefficient (Wildman–Crippen LogP) is 2.35. The van der Waals surface area contributed by atoms with Gasteiger partial charge in [-0.25, -0.2) is 0 Å². The summed E-state index contributed by atoms with van der Waals surface area (Å²) in [6.07, 6.45) is 0. The first kappa shape index (κ1) is 15.3. The molecule has 1 amide bonds. The Balaban J connectivity index is 2.90. The Morgan fingerprint density at radius 2 is 1.63 bits per heavy atom.